The molecule has 214 valence electrons. The van der Waals surface area contributed by atoms with E-state index in [2.05, 4.69) is 0 Å². The minimum absolute atomic E-state index is 0.109. The number of carbonyl (C=O) groups excluding carboxylic acids is 4. The third-order valence-corrected chi connectivity index (χ3v) is 10.3. The summed E-state index contributed by atoms with van der Waals surface area (Å²) in [6, 6.07) is -1.06. The summed E-state index contributed by atoms with van der Waals surface area (Å²) < 4.78 is 5.29. The number of rotatable bonds is 5. The second-order valence-electron chi connectivity index (χ2n) is 12.8. The Bertz CT molecular complexity index is 1090. The van der Waals surface area contributed by atoms with Crippen LogP contribution in [0.4, 0.5) is 9.59 Å². The van der Waals surface area contributed by atoms with Crippen molar-refractivity contribution >= 4 is 23.9 Å². The number of aliphatic hydroxyl groups excluding tert-OH is 1. The van der Waals surface area contributed by atoms with Crippen LogP contribution in [0.2, 0.25) is 0 Å². The predicted octanol–water partition coefficient (Wildman–Crippen LogP) is 0.890. The highest BCUT2D eigenvalue weighted by molar-refractivity contribution is 6.08. The molecule has 1 atom stereocenters. The zero-order valence-corrected chi connectivity index (χ0v) is 22.6. The fraction of sp³-hybridized carbons (Fsp3) is 0.778. The van der Waals surface area contributed by atoms with Gasteiger partial charge >= 0.3 is 12.1 Å². The lowest BCUT2D eigenvalue weighted by Crippen LogP contribution is -2.67. The molecule has 0 aromatic heterocycles. The smallest absolute Gasteiger partial charge is 0.329 e. The van der Waals surface area contributed by atoms with Gasteiger partial charge in [-0.1, -0.05) is 12.8 Å². The summed E-state index contributed by atoms with van der Waals surface area (Å²) >= 11 is 0. The maximum Gasteiger partial charge on any atom is 0.329 e. The van der Waals surface area contributed by atoms with Gasteiger partial charge in [-0.2, -0.15) is 0 Å². The van der Waals surface area contributed by atoms with Crippen LogP contribution in [0.15, 0.2) is 11.4 Å². The molecule has 39 heavy (non-hydrogen) atoms. The fourth-order valence-corrected chi connectivity index (χ4v) is 8.11. The van der Waals surface area contributed by atoms with Crippen LogP contribution in [-0.2, 0) is 14.3 Å². The van der Waals surface area contributed by atoms with Crippen molar-refractivity contribution in [3.05, 3.63) is 11.4 Å². The molecule has 3 aliphatic carbocycles. The van der Waals surface area contributed by atoms with Crippen LogP contribution in [-0.4, -0.2) is 99.7 Å². The number of urea groups is 2. The van der Waals surface area contributed by atoms with Crippen molar-refractivity contribution in [2.24, 2.45) is 28.7 Å². The average molecular weight is 545 g/mol. The Hall–Kier alpha value is -2.86. The highest BCUT2D eigenvalue weighted by Crippen LogP contribution is 2.61. The van der Waals surface area contributed by atoms with Crippen molar-refractivity contribution in [3.8, 4) is 0 Å². The molecule has 6 aliphatic rings. The maximum absolute atomic E-state index is 13.6. The van der Waals surface area contributed by atoms with Gasteiger partial charge in [-0.25, -0.2) is 9.59 Å². The molecule has 5 N–H and O–H groups in total. The minimum Gasteiger partial charge on any atom is -0.385 e. The quantitative estimate of drug-likeness (QED) is 0.339. The van der Waals surface area contributed by atoms with E-state index in [0.717, 1.165) is 38.5 Å². The molecule has 12 nitrogen and oxygen atoms in total. The Morgan fingerprint density at radius 3 is 2.15 bits per heavy atom. The summed E-state index contributed by atoms with van der Waals surface area (Å²) in [6.45, 7) is 2.11. The highest BCUT2D eigenvalue weighted by Gasteiger charge is 2.68. The monoisotopic (exact) mass is 544 g/mol. The van der Waals surface area contributed by atoms with E-state index in [4.69, 9.17) is 16.2 Å². The number of hydrogen-bond donors (Lipinski definition) is 3. The second kappa shape index (κ2) is 9.36. The molecule has 6 rings (SSSR count). The lowest BCUT2D eigenvalue weighted by atomic mass is 9.51. The van der Waals surface area contributed by atoms with Gasteiger partial charge in [-0.3, -0.25) is 24.3 Å². The van der Waals surface area contributed by atoms with Gasteiger partial charge in [0.25, 0.3) is 11.8 Å². The third-order valence-electron chi connectivity index (χ3n) is 10.3. The van der Waals surface area contributed by atoms with E-state index in [0.29, 0.717) is 52.0 Å². The lowest BCUT2D eigenvalue weighted by Gasteiger charge is -2.59. The molecule has 0 radical (unpaired) electrons. The Morgan fingerprint density at radius 2 is 1.59 bits per heavy atom. The molecule has 0 aromatic carbocycles. The van der Waals surface area contributed by atoms with Crippen LogP contribution < -0.4 is 11.5 Å². The number of hydrogen-bond acceptors (Lipinski definition) is 8. The highest BCUT2D eigenvalue weighted by atomic mass is 16.5. The Morgan fingerprint density at radius 1 is 0.949 bits per heavy atom. The number of likely N-dealkylation sites (N-methyl/N-ethyl adjacent to an activating group) is 1. The van der Waals surface area contributed by atoms with Gasteiger partial charge in [0.1, 0.15) is 16.9 Å². The minimum atomic E-state index is -1.44. The van der Waals surface area contributed by atoms with Gasteiger partial charge in [-0.05, 0) is 62.7 Å². The molecule has 3 aliphatic heterocycles. The van der Waals surface area contributed by atoms with E-state index in [9.17, 15) is 24.3 Å². The molecule has 2 spiro atoms. The Balaban J connectivity index is 1.16. The molecule has 6 fully saturated rings. The summed E-state index contributed by atoms with van der Waals surface area (Å²) in [4.78, 5) is 58.8. The first-order valence-electron chi connectivity index (χ1n) is 14.3. The van der Waals surface area contributed by atoms with Crippen molar-refractivity contribution < 1.29 is 29.0 Å². The number of ether oxygens (including phenoxy) is 1. The summed E-state index contributed by atoms with van der Waals surface area (Å²) in [5.74, 6) is -0.479. The predicted molar refractivity (Wildman–Crippen MR) is 138 cm³/mol. The fourth-order valence-electron chi connectivity index (χ4n) is 8.11. The number of nitrogens with zero attached hydrogens (tertiary/aromatic N) is 4. The van der Waals surface area contributed by atoms with E-state index in [-0.39, 0.29) is 46.6 Å². The Kier molecular flexibility index (Phi) is 6.33. The normalized spacial score (nSPS) is 36.0. The van der Waals surface area contributed by atoms with E-state index in [1.54, 1.807) is 11.9 Å². The number of imide groups is 2. The van der Waals surface area contributed by atoms with Crippen LogP contribution in [0.1, 0.15) is 64.2 Å². The number of amides is 6. The van der Waals surface area contributed by atoms with Crippen LogP contribution in [0.5, 0.6) is 0 Å². The van der Waals surface area contributed by atoms with Gasteiger partial charge in [0.2, 0.25) is 0 Å². The lowest BCUT2D eigenvalue weighted by molar-refractivity contribution is -0.153. The zero-order valence-electron chi connectivity index (χ0n) is 22.6. The van der Waals surface area contributed by atoms with Gasteiger partial charge < -0.3 is 26.2 Å². The van der Waals surface area contributed by atoms with E-state index in [1.165, 1.54) is 14.7 Å². The van der Waals surface area contributed by atoms with Crippen molar-refractivity contribution in [1.82, 2.24) is 19.6 Å². The molecular formula is C27H40N6O6. The van der Waals surface area contributed by atoms with E-state index >= 15 is 0 Å². The van der Waals surface area contributed by atoms with Crippen LogP contribution >= 0.6 is 0 Å². The van der Waals surface area contributed by atoms with Crippen molar-refractivity contribution in [2.45, 2.75) is 82.0 Å². The largest absolute Gasteiger partial charge is 0.385 e. The SMILES string of the molecule is CN1C(=O)N(CC2COC2)C2(CC3(CCC(N4C(=O)C(=C(N)N)C(O)N(CC5CCCC5)C4=O)CC3)C2)C1=O. The number of carbonyl (C=O) groups is 4. The van der Waals surface area contributed by atoms with Crippen LogP contribution in [0, 0.1) is 17.3 Å². The topological polar surface area (TPSA) is 163 Å². The maximum atomic E-state index is 13.6. The van der Waals surface area contributed by atoms with Gasteiger partial charge in [0.15, 0.2) is 6.23 Å². The first-order chi connectivity index (χ1) is 18.6. The third kappa shape index (κ3) is 4.01. The second-order valence-corrected chi connectivity index (χ2v) is 12.8. The number of nitrogens with two attached hydrogens (primary N) is 2. The number of aliphatic hydroxyl groups is 1. The Labute approximate surface area is 228 Å². The van der Waals surface area contributed by atoms with Gasteiger partial charge in [0, 0.05) is 32.1 Å². The van der Waals surface area contributed by atoms with E-state index < -0.39 is 23.7 Å². The molecule has 0 aromatic rings. The molecule has 3 saturated heterocycles. The summed E-state index contributed by atoms with van der Waals surface area (Å²) in [5, 5.41) is 10.9. The summed E-state index contributed by atoms with van der Waals surface area (Å²) in [5.41, 5.74) is 10.6. The van der Waals surface area contributed by atoms with Gasteiger partial charge in [0.05, 0.1) is 13.2 Å². The summed E-state index contributed by atoms with van der Waals surface area (Å²) in [7, 11) is 1.55. The van der Waals surface area contributed by atoms with E-state index in [1.807, 2.05) is 0 Å². The first-order valence-corrected chi connectivity index (χ1v) is 14.3. The van der Waals surface area contributed by atoms with Crippen molar-refractivity contribution in [2.75, 3.05) is 33.4 Å². The van der Waals surface area contributed by atoms with Gasteiger partial charge in [-0.15, -0.1) is 0 Å². The molecule has 6 amide bonds. The average Bonchev–Trinajstić information content (AvgIpc) is 3.42. The summed E-state index contributed by atoms with van der Waals surface area (Å²) in [6.07, 6.45) is 6.57. The van der Waals surface area contributed by atoms with Crippen molar-refractivity contribution in [1.29, 1.82) is 0 Å². The van der Waals surface area contributed by atoms with Crippen LogP contribution in [0.3, 0.4) is 0 Å². The first kappa shape index (κ1) is 26.4. The standard InChI is InChI=1S/C27H40N6O6/c1-30-23(36)27(32(24(30)37)11-17-12-39-13-17)14-26(15-27)8-6-18(7-9-26)33-22(35)19(20(28)29)21(34)31(25(33)38)10-16-4-2-3-5-16/h16-18,21,34H,2-15,28-29H2,1H3. The zero-order chi connectivity index (χ0) is 27.7. The van der Waals surface area contributed by atoms with Crippen LogP contribution in [0.25, 0.3) is 0 Å². The molecule has 3 saturated carbocycles. The molecule has 3 heterocycles. The molecule has 1 unspecified atom stereocenters. The molecular weight excluding hydrogens is 504 g/mol. The molecule has 0 bridgehead atoms. The molecule has 12 heteroatoms. The van der Waals surface area contributed by atoms with Crippen molar-refractivity contribution in [3.63, 3.8) is 0 Å².